The Morgan fingerprint density at radius 1 is 1.81 bits per heavy atom. The molecule has 0 saturated heterocycles. The van der Waals surface area contributed by atoms with Gasteiger partial charge in [0, 0.05) is 12.2 Å². The van der Waals surface area contributed by atoms with Crippen molar-refractivity contribution in [2.75, 3.05) is 0 Å². The van der Waals surface area contributed by atoms with E-state index in [1.165, 1.54) is 0 Å². The molecule has 2 rings (SSSR count). The number of hydrogen-bond donors (Lipinski definition) is 2. The molecule has 0 bridgehead atoms. The van der Waals surface area contributed by atoms with Gasteiger partial charge in [0.1, 0.15) is 6.04 Å². The number of nitrogens with zero attached hydrogens (tertiary/aromatic N) is 2. The lowest BCUT2D eigenvalue weighted by Gasteiger charge is -2.19. The number of imidazole rings is 1. The van der Waals surface area contributed by atoms with Crippen LogP contribution in [0.1, 0.15) is 24.7 Å². The van der Waals surface area contributed by atoms with Gasteiger partial charge in [0.05, 0.1) is 12.0 Å². The molecular formula is C11H17N3O2. The third-order valence-corrected chi connectivity index (χ3v) is 3.16. The first-order valence-corrected chi connectivity index (χ1v) is 5.59. The summed E-state index contributed by atoms with van der Waals surface area (Å²) in [7, 11) is 0. The quantitative estimate of drug-likeness (QED) is 0.778. The predicted molar refractivity (Wildman–Crippen MR) is 59.0 cm³/mol. The molecule has 2 atom stereocenters. The van der Waals surface area contributed by atoms with Crippen LogP contribution in [0.4, 0.5) is 0 Å². The van der Waals surface area contributed by atoms with Crippen molar-refractivity contribution in [3.8, 4) is 0 Å². The molecule has 0 fully saturated rings. The number of aliphatic carboxylic acids is 1. The van der Waals surface area contributed by atoms with E-state index in [2.05, 4.69) is 11.9 Å². The van der Waals surface area contributed by atoms with Gasteiger partial charge in [-0.3, -0.25) is 4.79 Å². The highest BCUT2D eigenvalue weighted by Crippen LogP contribution is 2.24. The first-order valence-electron chi connectivity index (χ1n) is 5.59. The van der Waals surface area contributed by atoms with Gasteiger partial charge in [-0.15, -0.1) is 0 Å². The van der Waals surface area contributed by atoms with Gasteiger partial charge in [-0.05, 0) is 25.2 Å². The van der Waals surface area contributed by atoms with Gasteiger partial charge in [0.15, 0.2) is 0 Å². The molecule has 1 aromatic rings. The number of fused-ring (bicyclic) bond motifs is 1. The molecule has 16 heavy (non-hydrogen) atoms. The number of carboxylic acid groups (broad SMARTS) is 1. The summed E-state index contributed by atoms with van der Waals surface area (Å²) in [6.45, 7) is 2.52. The highest BCUT2D eigenvalue weighted by Gasteiger charge is 2.21. The molecule has 0 aromatic carbocycles. The number of carboxylic acids is 1. The van der Waals surface area contributed by atoms with Crippen molar-refractivity contribution in [3.63, 3.8) is 0 Å². The molecule has 0 amide bonds. The second-order valence-electron chi connectivity index (χ2n) is 4.58. The number of hydrogen-bond acceptors (Lipinski definition) is 3. The second kappa shape index (κ2) is 4.25. The summed E-state index contributed by atoms with van der Waals surface area (Å²) in [5.41, 5.74) is 7.79. The zero-order valence-electron chi connectivity index (χ0n) is 9.39. The van der Waals surface area contributed by atoms with Crippen molar-refractivity contribution in [1.82, 2.24) is 9.55 Å². The normalized spacial score (nSPS) is 21.5. The van der Waals surface area contributed by atoms with E-state index < -0.39 is 12.0 Å². The summed E-state index contributed by atoms with van der Waals surface area (Å²) in [5.74, 6) is -0.296. The average Bonchev–Trinajstić information content (AvgIpc) is 2.60. The fourth-order valence-electron chi connectivity index (χ4n) is 2.17. The highest BCUT2D eigenvalue weighted by atomic mass is 16.4. The minimum atomic E-state index is -0.966. The van der Waals surface area contributed by atoms with Gasteiger partial charge >= 0.3 is 5.97 Å². The Balaban J connectivity index is 2.15. The van der Waals surface area contributed by atoms with Crippen LogP contribution in [0, 0.1) is 5.92 Å². The summed E-state index contributed by atoms with van der Waals surface area (Å²) in [5, 5.41) is 8.77. The zero-order valence-corrected chi connectivity index (χ0v) is 9.39. The summed E-state index contributed by atoms with van der Waals surface area (Å²) in [6, 6.07) is -0.849. The van der Waals surface area contributed by atoms with Crippen LogP contribution in [-0.2, 0) is 24.2 Å². The lowest BCUT2D eigenvalue weighted by atomic mass is 9.91. The maximum absolute atomic E-state index is 10.7. The van der Waals surface area contributed by atoms with E-state index in [0.717, 1.165) is 30.7 Å². The van der Waals surface area contributed by atoms with Crippen molar-refractivity contribution >= 4 is 5.97 Å². The topological polar surface area (TPSA) is 81.1 Å². The van der Waals surface area contributed by atoms with Crippen LogP contribution in [0.15, 0.2) is 6.33 Å². The standard InChI is InChI=1S/C11H17N3O2/c1-7-2-3-10-9(4-7)13-6-14(10)5-8(12)11(15)16/h6-8H,2-5,12H2,1H3,(H,15,16)/t7?,8-/m1/s1. The van der Waals surface area contributed by atoms with E-state index in [4.69, 9.17) is 10.8 Å². The van der Waals surface area contributed by atoms with E-state index in [1.807, 2.05) is 4.57 Å². The molecule has 0 spiro atoms. The lowest BCUT2D eigenvalue weighted by Crippen LogP contribution is -2.35. The molecule has 0 radical (unpaired) electrons. The fourth-order valence-corrected chi connectivity index (χ4v) is 2.17. The molecule has 0 saturated carbocycles. The summed E-state index contributed by atoms with van der Waals surface area (Å²) in [4.78, 5) is 15.0. The molecule has 0 aliphatic heterocycles. The number of rotatable bonds is 3. The first kappa shape index (κ1) is 11.1. The molecule has 1 aliphatic carbocycles. The van der Waals surface area contributed by atoms with Crippen LogP contribution in [0.2, 0.25) is 0 Å². The van der Waals surface area contributed by atoms with Crippen molar-refractivity contribution in [2.45, 2.75) is 38.8 Å². The smallest absolute Gasteiger partial charge is 0.322 e. The fraction of sp³-hybridized carbons (Fsp3) is 0.636. The van der Waals surface area contributed by atoms with Crippen LogP contribution in [-0.4, -0.2) is 26.7 Å². The van der Waals surface area contributed by atoms with Crippen molar-refractivity contribution in [1.29, 1.82) is 0 Å². The molecule has 1 aliphatic rings. The van der Waals surface area contributed by atoms with E-state index >= 15 is 0 Å². The summed E-state index contributed by atoms with van der Waals surface area (Å²) in [6.07, 6.45) is 4.82. The monoisotopic (exact) mass is 223 g/mol. The number of aromatic nitrogens is 2. The van der Waals surface area contributed by atoms with Gasteiger partial charge in [-0.2, -0.15) is 0 Å². The minimum absolute atomic E-state index is 0.312. The predicted octanol–water partition coefficient (Wildman–Crippen LogP) is 0.420. The Morgan fingerprint density at radius 3 is 3.25 bits per heavy atom. The Morgan fingerprint density at radius 2 is 2.56 bits per heavy atom. The SMILES string of the molecule is CC1CCc2c(ncn2C[C@@H](N)C(=O)O)C1. The van der Waals surface area contributed by atoms with Crippen LogP contribution in [0.5, 0.6) is 0 Å². The van der Waals surface area contributed by atoms with Crippen LogP contribution in [0.25, 0.3) is 0 Å². The first-order chi connectivity index (χ1) is 7.58. The Labute approximate surface area is 94.3 Å². The Kier molecular flexibility index (Phi) is 2.96. The maximum atomic E-state index is 10.7. The molecule has 3 N–H and O–H groups in total. The molecule has 1 aromatic heterocycles. The van der Waals surface area contributed by atoms with Crippen molar-refractivity contribution < 1.29 is 9.90 Å². The van der Waals surface area contributed by atoms with Gasteiger partial charge < -0.3 is 15.4 Å². The van der Waals surface area contributed by atoms with Crippen LogP contribution < -0.4 is 5.73 Å². The van der Waals surface area contributed by atoms with Crippen LogP contribution in [0.3, 0.4) is 0 Å². The Hall–Kier alpha value is -1.36. The van der Waals surface area contributed by atoms with E-state index in [9.17, 15) is 4.79 Å². The molecule has 88 valence electrons. The number of carbonyl (C=O) groups is 1. The zero-order chi connectivity index (χ0) is 11.7. The molecule has 5 heteroatoms. The molecule has 1 unspecified atom stereocenters. The van der Waals surface area contributed by atoms with Gasteiger partial charge in [0.2, 0.25) is 0 Å². The molecule has 1 heterocycles. The van der Waals surface area contributed by atoms with E-state index in [0.29, 0.717) is 12.5 Å². The highest BCUT2D eigenvalue weighted by molar-refractivity contribution is 5.72. The van der Waals surface area contributed by atoms with Crippen LogP contribution >= 0.6 is 0 Å². The molecule has 5 nitrogen and oxygen atoms in total. The third-order valence-electron chi connectivity index (χ3n) is 3.16. The average molecular weight is 223 g/mol. The second-order valence-corrected chi connectivity index (χ2v) is 4.58. The summed E-state index contributed by atoms with van der Waals surface area (Å²) >= 11 is 0. The summed E-state index contributed by atoms with van der Waals surface area (Å²) < 4.78 is 1.89. The molecular weight excluding hydrogens is 206 g/mol. The third kappa shape index (κ3) is 2.09. The van der Waals surface area contributed by atoms with E-state index in [1.54, 1.807) is 6.33 Å². The minimum Gasteiger partial charge on any atom is -0.480 e. The van der Waals surface area contributed by atoms with Crippen molar-refractivity contribution in [3.05, 3.63) is 17.7 Å². The van der Waals surface area contributed by atoms with Crippen molar-refractivity contribution in [2.24, 2.45) is 11.7 Å². The number of nitrogens with two attached hydrogens (primary N) is 1. The maximum Gasteiger partial charge on any atom is 0.322 e. The van der Waals surface area contributed by atoms with Gasteiger partial charge in [-0.1, -0.05) is 6.92 Å². The van der Waals surface area contributed by atoms with Gasteiger partial charge in [-0.25, -0.2) is 4.98 Å². The Bertz CT molecular complexity index is 400. The largest absolute Gasteiger partial charge is 0.480 e. The lowest BCUT2D eigenvalue weighted by molar-refractivity contribution is -0.138. The van der Waals surface area contributed by atoms with Gasteiger partial charge in [0.25, 0.3) is 0 Å². The van der Waals surface area contributed by atoms with E-state index in [-0.39, 0.29) is 0 Å².